The molecule has 0 aliphatic carbocycles. The van der Waals surface area contributed by atoms with E-state index in [0.717, 1.165) is 25.7 Å². The maximum absolute atomic E-state index is 12.6. The van der Waals surface area contributed by atoms with Crippen LogP contribution in [0.15, 0.2) is 60.7 Å². The summed E-state index contributed by atoms with van der Waals surface area (Å²) in [5.74, 6) is -1.54. The first kappa shape index (κ1) is 21.4. The maximum atomic E-state index is 12.6. The van der Waals surface area contributed by atoms with Crippen LogP contribution in [0.2, 0.25) is 0 Å². The zero-order valence-electron chi connectivity index (χ0n) is 16.1. The van der Waals surface area contributed by atoms with Crippen LogP contribution < -0.4 is 0 Å². The third-order valence-corrected chi connectivity index (χ3v) is 4.29. The predicted molar refractivity (Wildman–Crippen MR) is 106 cm³/mol. The fourth-order valence-electron chi connectivity index (χ4n) is 2.70. The molecule has 0 bridgehead atoms. The van der Waals surface area contributed by atoms with Gasteiger partial charge in [-0.1, -0.05) is 62.6 Å². The Labute approximate surface area is 165 Å². The molecule has 2 rings (SSSR count). The first-order valence-electron chi connectivity index (χ1n) is 9.62. The third kappa shape index (κ3) is 6.99. The number of carbonyl (C=O) groups is 3. The van der Waals surface area contributed by atoms with E-state index in [0.29, 0.717) is 17.5 Å². The number of esters is 2. The molecule has 0 N–H and O–H groups in total. The standard InChI is InChI=1S/C23H26O5/c1-2-3-4-11-16-21(28-23(26)19-14-9-6-10-15-19)20(24)17-27-22(25)18-12-7-5-8-13-18/h5-10,12-15,21H,2-4,11,16-17H2,1H3/t21-/m0/s1. The van der Waals surface area contributed by atoms with Gasteiger partial charge in [-0.2, -0.15) is 0 Å². The van der Waals surface area contributed by atoms with Crippen LogP contribution >= 0.6 is 0 Å². The highest BCUT2D eigenvalue weighted by molar-refractivity contribution is 5.95. The minimum atomic E-state index is -0.923. The van der Waals surface area contributed by atoms with Crippen molar-refractivity contribution in [2.75, 3.05) is 6.61 Å². The number of ether oxygens (including phenoxy) is 2. The van der Waals surface area contributed by atoms with Crippen molar-refractivity contribution < 1.29 is 23.9 Å². The van der Waals surface area contributed by atoms with Gasteiger partial charge in [0, 0.05) is 0 Å². The molecule has 5 nitrogen and oxygen atoms in total. The van der Waals surface area contributed by atoms with E-state index in [2.05, 4.69) is 6.92 Å². The zero-order chi connectivity index (χ0) is 20.2. The summed E-state index contributed by atoms with van der Waals surface area (Å²) < 4.78 is 10.5. The number of unbranched alkanes of at least 4 members (excludes halogenated alkanes) is 3. The van der Waals surface area contributed by atoms with Crippen LogP contribution in [0, 0.1) is 0 Å². The van der Waals surface area contributed by atoms with Crippen molar-refractivity contribution in [3.63, 3.8) is 0 Å². The van der Waals surface area contributed by atoms with E-state index >= 15 is 0 Å². The van der Waals surface area contributed by atoms with E-state index < -0.39 is 30.4 Å². The highest BCUT2D eigenvalue weighted by Gasteiger charge is 2.24. The average Bonchev–Trinajstić information content (AvgIpc) is 2.75. The summed E-state index contributed by atoms with van der Waals surface area (Å²) >= 11 is 0. The van der Waals surface area contributed by atoms with Crippen LogP contribution in [-0.2, 0) is 14.3 Å². The Morgan fingerprint density at radius 3 is 1.93 bits per heavy atom. The van der Waals surface area contributed by atoms with E-state index in [9.17, 15) is 14.4 Å². The highest BCUT2D eigenvalue weighted by Crippen LogP contribution is 2.13. The molecule has 1 atom stereocenters. The topological polar surface area (TPSA) is 69.7 Å². The lowest BCUT2D eigenvalue weighted by atomic mass is 10.1. The molecule has 0 amide bonds. The van der Waals surface area contributed by atoms with E-state index in [1.54, 1.807) is 60.7 Å². The van der Waals surface area contributed by atoms with Gasteiger partial charge in [0.15, 0.2) is 12.7 Å². The van der Waals surface area contributed by atoms with Crippen LogP contribution in [0.5, 0.6) is 0 Å². The first-order valence-corrected chi connectivity index (χ1v) is 9.62. The molecule has 0 aromatic heterocycles. The largest absolute Gasteiger partial charge is 0.454 e. The Morgan fingerprint density at radius 2 is 1.36 bits per heavy atom. The Hall–Kier alpha value is -2.95. The van der Waals surface area contributed by atoms with Gasteiger partial charge >= 0.3 is 11.9 Å². The summed E-state index contributed by atoms with van der Waals surface area (Å²) in [5, 5.41) is 0. The van der Waals surface area contributed by atoms with Crippen LogP contribution in [0.25, 0.3) is 0 Å². The molecule has 0 fully saturated rings. The van der Waals surface area contributed by atoms with Gasteiger partial charge in [-0.3, -0.25) is 4.79 Å². The number of benzene rings is 2. The van der Waals surface area contributed by atoms with Gasteiger partial charge in [0.25, 0.3) is 0 Å². The SMILES string of the molecule is CCCCCC[C@H](OC(=O)c1ccccc1)C(=O)COC(=O)c1ccccc1. The van der Waals surface area contributed by atoms with Crippen molar-refractivity contribution in [1.29, 1.82) is 0 Å². The Bertz CT molecular complexity index is 755. The fraction of sp³-hybridized carbons (Fsp3) is 0.348. The smallest absolute Gasteiger partial charge is 0.338 e. The maximum Gasteiger partial charge on any atom is 0.338 e. The van der Waals surface area contributed by atoms with E-state index in [-0.39, 0.29) is 0 Å². The molecular formula is C23H26O5. The van der Waals surface area contributed by atoms with Crippen molar-refractivity contribution in [3.05, 3.63) is 71.8 Å². The number of Topliss-reactive ketones (excluding diaryl/α,β-unsaturated/α-hetero) is 1. The summed E-state index contributed by atoms with van der Waals surface area (Å²) in [6.07, 6.45) is 3.33. The molecule has 5 heteroatoms. The molecule has 0 saturated heterocycles. The first-order chi connectivity index (χ1) is 13.6. The van der Waals surface area contributed by atoms with E-state index in [1.807, 2.05) is 0 Å². The second kappa shape index (κ2) is 11.7. The van der Waals surface area contributed by atoms with Crippen molar-refractivity contribution in [2.24, 2.45) is 0 Å². The molecular weight excluding hydrogens is 356 g/mol. The Balaban J connectivity index is 1.95. The summed E-state index contributed by atoms with van der Waals surface area (Å²) in [5.41, 5.74) is 0.756. The van der Waals surface area contributed by atoms with Gasteiger partial charge in [0.05, 0.1) is 11.1 Å². The molecule has 0 saturated carbocycles. The van der Waals surface area contributed by atoms with Gasteiger partial charge in [-0.05, 0) is 37.1 Å². The second-order valence-electron chi connectivity index (χ2n) is 6.52. The van der Waals surface area contributed by atoms with E-state index in [1.165, 1.54) is 0 Å². The Kier molecular flexibility index (Phi) is 8.92. The highest BCUT2D eigenvalue weighted by atomic mass is 16.6. The van der Waals surface area contributed by atoms with Crippen LogP contribution in [0.1, 0.15) is 59.7 Å². The molecule has 0 aliphatic heterocycles. The van der Waals surface area contributed by atoms with Gasteiger partial charge in [-0.15, -0.1) is 0 Å². The number of rotatable bonds is 11. The molecule has 28 heavy (non-hydrogen) atoms. The van der Waals surface area contributed by atoms with Crippen molar-refractivity contribution in [1.82, 2.24) is 0 Å². The summed E-state index contributed by atoms with van der Waals surface area (Å²) in [7, 11) is 0. The zero-order valence-corrected chi connectivity index (χ0v) is 16.1. The molecule has 0 aliphatic rings. The van der Waals surface area contributed by atoms with Crippen molar-refractivity contribution in [2.45, 2.75) is 45.1 Å². The minimum absolute atomic E-state index is 0.371. The van der Waals surface area contributed by atoms with Crippen LogP contribution in [0.4, 0.5) is 0 Å². The monoisotopic (exact) mass is 382 g/mol. The quantitative estimate of drug-likeness (QED) is 0.419. The molecule has 0 radical (unpaired) electrons. The van der Waals surface area contributed by atoms with Crippen molar-refractivity contribution >= 4 is 17.7 Å². The van der Waals surface area contributed by atoms with Crippen LogP contribution in [-0.4, -0.2) is 30.4 Å². The molecule has 148 valence electrons. The Morgan fingerprint density at radius 1 is 0.786 bits per heavy atom. The van der Waals surface area contributed by atoms with Gasteiger partial charge in [0.2, 0.25) is 5.78 Å². The number of hydrogen-bond acceptors (Lipinski definition) is 5. The molecule has 0 spiro atoms. The lowest BCUT2D eigenvalue weighted by Gasteiger charge is -2.17. The molecule has 2 aromatic carbocycles. The predicted octanol–water partition coefficient (Wildman–Crippen LogP) is 4.61. The molecule has 2 aromatic rings. The second-order valence-corrected chi connectivity index (χ2v) is 6.52. The van der Waals surface area contributed by atoms with Gasteiger partial charge < -0.3 is 9.47 Å². The van der Waals surface area contributed by atoms with Gasteiger partial charge in [0.1, 0.15) is 0 Å². The number of carbonyl (C=O) groups excluding carboxylic acids is 3. The summed E-state index contributed by atoms with van der Waals surface area (Å²) in [6.45, 7) is 1.68. The minimum Gasteiger partial charge on any atom is -0.454 e. The molecule has 0 unspecified atom stereocenters. The lowest BCUT2D eigenvalue weighted by molar-refractivity contribution is -0.131. The van der Waals surface area contributed by atoms with E-state index in [4.69, 9.17) is 9.47 Å². The summed E-state index contributed by atoms with van der Waals surface area (Å²) in [6, 6.07) is 17.0. The van der Waals surface area contributed by atoms with Gasteiger partial charge in [-0.25, -0.2) is 9.59 Å². The van der Waals surface area contributed by atoms with Crippen molar-refractivity contribution in [3.8, 4) is 0 Å². The summed E-state index contributed by atoms with van der Waals surface area (Å²) in [4.78, 5) is 36.9. The molecule has 0 heterocycles. The number of ketones is 1. The normalized spacial score (nSPS) is 11.5. The fourth-order valence-corrected chi connectivity index (χ4v) is 2.70. The number of hydrogen-bond donors (Lipinski definition) is 0. The average molecular weight is 382 g/mol. The third-order valence-electron chi connectivity index (χ3n) is 4.29. The lowest BCUT2D eigenvalue weighted by Crippen LogP contribution is -2.31. The van der Waals surface area contributed by atoms with Crippen LogP contribution in [0.3, 0.4) is 0 Å².